The second kappa shape index (κ2) is 7.51. The van der Waals surface area contributed by atoms with Crippen LogP contribution in [0.5, 0.6) is 0 Å². The molecule has 1 N–H and O–H groups in total. The molecule has 6 nitrogen and oxygen atoms in total. The van der Waals surface area contributed by atoms with Crippen LogP contribution < -0.4 is 4.31 Å². The topological polar surface area (TPSA) is 77.9 Å². The molecule has 0 spiro atoms. The van der Waals surface area contributed by atoms with Crippen molar-refractivity contribution in [3.05, 3.63) is 28.8 Å². The molecular weight excluding hydrogens is 364 g/mol. The number of benzene rings is 1. The van der Waals surface area contributed by atoms with E-state index in [9.17, 15) is 18.3 Å². The zero-order valence-electron chi connectivity index (χ0n) is 14.0. The Hall–Kier alpha value is -1.31. The Morgan fingerprint density at radius 1 is 1.24 bits per heavy atom. The van der Waals surface area contributed by atoms with Crippen molar-refractivity contribution in [3.63, 3.8) is 0 Å². The molecule has 2 saturated heterocycles. The van der Waals surface area contributed by atoms with Gasteiger partial charge in [0.15, 0.2) is 0 Å². The molecule has 1 atom stereocenters. The number of hydrogen-bond donors (Lipinski definition) is 1. The van der Waals surface area contributed by atoms with Gasteiger partial charge >= 0.3 is 0 Å². The Balaban J connectivity index is 1.88. The number of carbonyl (C=O) groups excluding carboxylic acids is 1. The molecule has 2 aliphatic heterocycles. The molecule has 0 radical (unpaired) electrons. The maximum Gasteiger partial charge on any atom is 0.255 e. The molecule has 1 aromatic carbocycles. The van der Waals surface area contributed by atoms with Gasteiger partial charge in [0.1, 0.15) is 0 Å². The number of hydrogen-bond acceptors (Lipinski definition) is 4. The first kappa shape index (κ1) is 18.5. The van der Waals surface area contributed by atoms with E-state index in [-0.39, 0.29) is 24.2 Å². The molecule has 2 fully saturated rings. The van der Waals surface area contributed by atoms with Crippen molar-refractivity contribution in [1.29, 1.82) is 0 Å². The number of sulfonamides is 1. The van der Waals surface area contributed by atoms with E-state index < -0.39 is 10.0 Å². The average molecular weight is 387 g/mol. The maximum absolute atomic E-state index is 12.9. The van der Waals surface area contributed by atoms with Crippen molar-refractivity contribution in [2.75, 3.05) is 36.3 Å². The number of nitrogens with zero attached hydrogens (tertiary/aromatic N) is 2. The molecule has 1 aromatic rings. The lowest BCUT2D eigenvalue weighted by atomic mass is 9.98. The van der Waals surface area contributed by atoms with Gasteiger partial charge in [0.2, 0.25) is 10.0 Å². The van der Waals surface area contributed by atoms with Crippen molar-refractivity contribution in [2.45, 2.75) is 25.7 Å². The van der Waals surface area contributed by atoms with E-state index in [1.807, 2.05) is 0 Å². The van der Waals surface area contributed by atoms with E-state index >= 15 is 0 Å². The molecule has 8 heteroatoms. The lowest BCUT2D eigenvalue weighted by molar-refractivity contribution is 0.0621. The molecule has 0 aliphatic carbocycles. The highest BCUT2D eigenvalue weighted by Crippen LogP contribution is 2.29. The van der Waals surface area contributed by atoms with Crippen LogP contribution in [0.3, 0.4) is 0 Å². The fourth-order valence-electron chi connectivity index (χ4n) is 3.48. The summed E-state index contributed by atoms with van der Waals surface area (Å²) < 4.78 is 26.0. The summed E-state index contributed by atoms with van der Waals surface area (Å²) in [6.45, 7) is 1.60. The van der Waals surface area contributed by atoms with Crippen LogP contribution in [-0.4, -0.2) is 56.3 Å². The summed E-state index contributed by atoms with van der Waals surface area (Å²) in [6.07, 6.45) is 3.21. The SMILES string of the molecule is O=C(c1cc(N2CCCCS2(=O)=O)ccc1Cl)N1CCCC(CO)C1. The molecule has 2 aliphatic rings. The minimum atomic E-state index is -3.34. The first-order valence-electron chi connectivity index (χ1n) is 8.62. The van der Waals surface area contributed by atoms with E-state index in [1.165, 1.54) is 4.31 Å². The predicted molar refractivity (Wildman–Crippen MR) is 97.5 cm³/mol. The Bertz CT molecular complexity index is 753. The first-order chi connectivity index (χ1) is 11.9. The van der Waals surface area contributed by atoms with Crippen LogP contribution in [0.4, 0.5) is 5.69 Å². The molecular formula is C17H23ClN2O4S. The summed E-state index contributed by atoms with van der Waals surface area (Å²) in [6, 6.07) is 4.81. The number of carbonyl (C=O) groups is 1. The Morgan fingerprint density at radius 3 is 2.76 bits per heavy atom. The number of aliphatic hydroxyl groups excluding tert-OH is 1. The van der Waals surface area contributed by atoms with E-state index in [2.05, 4.69) is 0 Å². The van der Waals surface area contributed by atoms with Crippen LogP contribution in [0, 0.1) is 5.92 Å². The molecule has 3 rings (SSSR count). The van der Waals surface area contributed by atoms with Gasteiger partial charge in [-0.2, -0.15) is 0 Å². The maximum atomic E-state index is 12.9. The Kier molecular flexibility index (Phi) is 5.55. The zero-order chi connectivity index (χ0) is 18.0. The standard InChI is InChI=1S/C17H23ClN2O4S/c18-16-6-5-14(20-8-1-2-9-25(20,23)24)10-15(16)17(22)19-7-3-4-13(11-19)12-21/h5-6,10,13,21H,1-4,7-9,11-12H2. The smallest absolute Gasteiger partial charge is 0.255 e. The van der Waals surface area contributed by atoms with Crippen molar-refractivity contribution < 1.29 is 18.3 Å². The van der Waals surface area contributed by atoms with E-state index in [0.717, 1.165) is 19.3 Å². The number of halogens is 1. The molecule has 0 bridgehead atoms. The average Bonchev–Trinajstić information content (AvgIpc) is 2.61. The van der Waals surface area contributed by atoms with Crippen molar-refractivity contribution in [3.8, 4) is 0 Å². The van der Waals surface area contributed by atoms with Gasteiger partial charge in [-0.25, -0.2) is 8.42 Å². The van der Waals surface area contributed by atoms with Crippen LogP contribution in [-0.2, 0) is 10.0 Å². The van der Waals surface area contributed by atoms with Gasteiger partial charge < -0.3 is 10.0 Å². The van der Waals surface area contributed by atoms with Gasteiger partial charge in [-0.05, 0) is 49.8 Å². The largest absolute Gasteiger partial charge is 0.396 e. The number of rotatable bonds is 3. The third-order valence-corrected chi connectivity index (χ3v) is 7.08. The molecule has 1 unspecified atom stereocenters. The normalized spacial score (nSPS) is 23.5. The van der Waals surface area contributed by atoms with Gasteiger partial charge in [0, 0.05) is 26.2 Å². The lowest BCUT2D eigenvalue weighted by Crippen LogP contribution is -2.41. The van der Waals surface area contributed by atoms with Gasteiger partial charge in [-0.1, -0.05) is 11.6 Å². The number of aliphatic hydroxyl groups is 1. The summed E-state index contributed by atoms with van der Waals surface area (Å²) in [7, 11) is -3.34. The highest BCUT2D eigenvalue weighted by atomic mass is 35.5. The van der Waals surface area contributed by atoms with Gasteiger partial charge in [0.05, 0.1) is 22.0 Å². The van der Waals surface area contributed by atoms with Gasteiger partial charge in [-0.15, -0.1) is 0 Å². The molecule has 1 amide bonds. The number of piperidine rings is 1. The minimum absolute atomic E-state index is 0.0591. The minimum Gasteiger partial charge on any atom is -0.396 e. The molecule has 138 valence electrons. The van der Waals surface area contributed by atoms with Crippen molar-refractivity contribution >= 4 is 33.2 Å². The molecule has 0 aromatic heterocycles. The highest BCUT2D eigenvalue weighted by Gasteiger charge is 2.29. The van der Waals surface area contributed by atoms with Crippen molar-refractivity contribution in [2.24, 2.45) is 5.92 Å². The Morgan fingerprint density at radius 2 is 2.04 bits per heavy atom. The van der Waals surface area contributed by atoms with Crippen molar-refractivity contribution in [1.82, 2.24) is 4.90 Å². The number of anilines is 1. The second-order valence-corrected chi connectivity index (χ2v) is 9.12. The quantitative estimate of drug-likeness (QED) is 0.863. The summed E-state index contributed by atoms with van der Waals surface area (Å²) in [5.74, 6) is 0.00461. The molecule has 25 heavy (non-hydrogen) atoms. The predicted octanol–water partition coefficient (Wildman–Crippen LogP) is 2.11. The lowest BCUT2D eigenvalue weighted by Gasteiger charge is -2.32. The third-order valence-electron chi connectivity index (χ3n) is 4.88. The van der Waals surface area contributed by atoms with Crippen LogP contribution in [0.15, 0.2) is 18.2 Å². The Labute approximate surface area is 153 Å². The summed E-state index contributed by atoms with van der Waals surface area (Å²) in [5.41, 5.74) is 0.807. The van der Waals surface area contributed by atoms with E-state index in [1.54, 1.807) is 23.1 Å². The fraction of sp³-hybridized carbons (Fsp3) is 0.588. The zero-order valence-corrected chi connectivity index (χ0v) is 15.6. The van der Waals surface area contributed by atoms with Crippen LogP contribution in [0.2, 0.25) is 5.02 Å². The number of amides is 1. The second-order valence-electron chi connectivity index (χ2n) is 6.70. The first-order valence-corrected chi connectivity index (χ1v) is 10.6. The molecule has 2 heterocycles. The molecule has 0 saturated carbocycles. The van der Waals surface area contributed by atoms with Crippen LogP contribution in [0.25, 0.3) is 0 Å². The summed E-state index contributed by atoms with van der Waals surface area (Å²) >= 11 is 6.23. The van der Waals surface area contributed by atoms with E-state index in [4.69, 9.17) is 11.6 Å². The number of likely N-dealkylation sites (tertiary alicyclic amines) is 1. The van der Waals surface area contributed by atoms with E-state index in [0.29, 0.717) is 42.3 Å². The summed E-state index contributed by atoms with van der Waals surface area (Å²) in [5, 5.41) is 9.66. The summed E-state index contributed by atoms with van der Waals surface area (Å²) in [4.78, 5) is 14.6. The highest BCUT2D eigenvalue weighted by molar-refractivity contribution is 7.92. The van der Waals surface area contributed by atoms with Gasteiger partial charge in [-0.3, -0.25) is 9.10 Å². The van der Waals surface area contributed by atoms with Gasteiger partial charge in [0.25, 0.3) is 5.91 Å². The third kappa shape index (κ3) is 3.93. The van der Waals surface area contributed by atoms with Crippen LogP contribution >= 0.6 is 11.6 Å². The fourth-order valence-corrected chi connectivity index (χ4v) is 5.31. The monoisotopic (exact) mass is 386 g/mol. The van der Waals surface area contributed by atoms with Crippen LogP contribution in [0.1, 0.15) is 36.0 Å².